The van der Waals surface area contributed by atoms with Crippen molar-refractivity contribution in [1.82, 2.24) is 35.6 Å². The summed E-state index contributed by atoms with van der Waals surface area (Å²) in [5.74, 6) is -0.291. The Balaban J connectivity index is 1.37. The van der Waals surface area contributed by atoms with Gasteiger partial charge in [0.2, 0.25) is 29.5 Å². The second-order valence-electron chi connectivity index (χ2n) is 9.88. The lowest BCUT2D eigenvalue weighted by molar-refractivity contribution is 0.0914. The molecule has 0 saturated heterocycles. The lowest BCUT2D eigenvalue weighted by atomic mass is 10.1. The van der Waals surface area contributed by atoms with Gasteiger partial charge in [-0.3, -0.25) is 9.59 Å². The SMILES string of the molecule is NCCCC[C@@H]1NC(=O)c2coc(n2)-c2coc(n2)-c2coc(n2)[C@H](CCCCN)NC(=O)c2coc(n2)-c2coc1n2. The monoisotopic (exact) mass is 591 g/mol. The first-order chi connectivity index (χ1) is 21.0. The third-order valence-corrected chi connectivity index (χ3v) is 6.78. The van der Waals surface area contributed by atoms with Crippen molar-refractivity contribution in [1.29, 1.82) is 0 Å². The van der Waals surface area contributed by atoms with E-state index in [1.54, 1.807) is 0 Å². The van der Waals surface area contributed by atoms with Gasteiger partial charge in [0, 0.05) is 0 Å². The summed E-state index contributed by atoms with van der Waals surface area (Å²) < 4.78 is 28.1. The smallest absolute Gasteiger partial charge is 0.273 e. The Morgan fingerprint density at radius 3 is 1.35 bits per heavy atom. The molecule has 224 valence electrons. The van der Waals surface area contributed by atoms with Gasteiger partial charge in [-0.1, -0.05) is 0 Å². The molecule has 1 aliphatic heterocycles. The summed E-state index contributed by atoms with van der Waals surface area (Å²) in [6.45, 7) is 0.995. The van der Waals surface area contributed by atoms with Gasteiger partial charge in [0.15, 0.2) is 28.5 Å². The van der Waals surface area contributed by atoms with Crippen LogP contribution in [0.3, 0.4) is 0 Å². The molecule has 16 nitrogen and oxygen atoms in total. The molecule has 0 aromatic carbocycles. The van der Waals surface area contributed by atoms with Crippen LogP contribution in [0, 0.1) is 0 Å². The number of nitrogens with one attached hydrogen (secondary N) is 2. The first kappa shape index (κ1) is 28.0. The summed E-state index contributed by atoms with van der Waals surface area (Å²) in [6, 6.07) is -1.22. The van der Waals surface area contributed by atoms with Crippen LogP contribution in [-0.4, -0.2) is 49.8 Å². The van der Waals surface area contributed by atoms with E-state index in [4.69, 9.17) is 33.6 Å². The number of rotatable bonds is 8. The summed E-state index contributed by atoms with van der Waals surface area (Å²) >= 11 is 0. The van der Waals surface area contributed by atoms with E-state index in [2.05, 4.69) is 35.6 Å². The molecule has 16 heteroatoms. The molecule has 0 fully saturated rings. The first-order valence-electron chi connectivity index (χ1n) is 13.8. The molecule has 0 unspecified atom stereocenters. The van der Waals surface area contributed by atoms with Crippen molar-refractivity contribution in [3.05, 3.63) is 54.5 Å². The predicted octanol–water partition coefficient (Wildman–Crippen LogP) is 3.14. The Kier molecular flexibility index (Phi) is 8.10. The van der Waals surface area contributed by atoms with Gasteiger partial charge in [0.05, 0.1) is 0 Å². The molecule has 1 aliphatic rings. The normalized spacial score (nSPS) is 16.9. The van der Waals surface area contributed by atoms with Crippen LogP contribution in [0.4, 0.5) is 0 Å². The summed E-state index contributed by atoms with van der Waals surface area (Å²) in [7, 11) is 0. The highest BCUT2D eigenvalue weighted by Crippen LogP contribution is 2.29. The molecule has 6 rings (SSSR count). The maximum atomic E-state index is 13.2. The maximum Gasteiger partial charge on any atom is 0.273 e. The van der Waals surface area contributed by atoms with Crippen LogP contribution in [0.25, 0.3) is 34.8 Å². The molecule has 0 aliphatic carbocycles. The molecule has 10 bridgehead atoms. The Morgan fingerprint density at radius 1 is 0.535 bits per heavy atom. The quantitative estimate of drug-likeness (QED) is 0.190. The molecule has 0 saturated carbocycles. The fourth-order valence-electron chi connectivity index (χ4n) is 4.54. The summed E-state index contributed by atoms with van der Waals surface area (Å²) in [4.78, 5) is 48.3. The maximum absolute atomic E-state index is 13.2. The lowest BCUT2D eigenvalue weighted by Gasteiger charge is -2.14. The zero-order valence-electron chi connectivity index (χ0n) is 22.9. The molecule has 5 aromatic heterocycles. The van der Waals surface area contributed by atoms with Crippen molar-refractivity contribution >= 4 is 11.8 Å². The van der Waals surface area contributed by atoms with Gasteiger partial charge in [-0.25, -0.2) is 24.9 Å². The zero-order chi connectivity index (χ0) is 29.8. The van der Waals surface area contributed by atoms with Crippen LogP contribution in [0.5, 0.6) is 0 Å². The van der Waals surface area contributed by atoms with Crippen molar-refractivity contribution in [2.75, 3.05) is 13.1 Å². The molecular weight excluding hydrogens is 562 g/mol. The van der Waals surface area contributed by atoms with Crippen molar-refractivity contribution in [3.8, 4) is 34.8 Å². The molecular formula is C27H29N9O7. The number of oxazole rings is 5. The number of aromatic nitrogens is 5. The van der Waals surface area contributed by atoms with Gasteiger partial charge in [-0.05, 0) is 51.6 Å². The van der Waals surface area contributed by atoms with E-state index >= 15 is 0 Å². The molecule has 5 aromatic rings. The highest BCUT2D eigenvalue weighted by molar-refractivity contribution is 5.93. The van der Waals surface area contributed by atoms with E-state index in [1.807, 2.05) is 0 Å². The van der Waals surface area contributed by atoms with Crippen LogP contribution in [0.1, 0.15) is 83.4 Å². The molecule has 2 atom stereocenters. The number of fused-ring (bicyclic) bond motifs is 13. The number of unbranched alkanes of at least 4 members (excludes halogenated alkanes) is 2. The third kappa shape index (κ3) is 6.09. The Hall–Kier alpha value is -5.09. The van der Waals surface area contributed by atoms with Crippen molar-refractivity contribution in [2.24, 2.45) is 11.5 Å². The average molecular weight is 592 g/mol. The van der Waals surface area contributed by atoms with Gasteiger partial charge in [0.25, 0.3) is 11.8 Å². The second-order valence-corrected chi connectivity index (χ2v) is 9.88. The second kappa shape index (κ2) is 12.4. The largest absolute Gasteiger partial charge is 0.446 e. The summed E-state index contributed by atoms with van der Waals surface area (Å²) in [5, 5.41) is 5.79. The van der Waals surface area contributed by atoms with Gasteiger partial charge < -0.3 is 44.2 Å². The summed E-state index contributed by atoms with van der Waals surface area (Å²) in [5.41, 5.74) is 12.2. The van der Waals surface area contributed by atoms with Crippen molar-refractivity contribution in [3.63, 3.8) is 0 Å². The minimum Gasteiger partial charge on any atom is -0.446 e. The zero-order valence-corrected chi connectivity index (χ0v) is 22.9. The van der Waals surface area contributed by atoms with Gasteiger partial charge in [0.1, 0.15) is 43.4 Å². The number of nitrogens with zero attached hydrogens (tertiary/aromatic N) is 5. The average Bonchev–Trinajstić information content (AvgIpc) is 3.84. The van der Waals surface area contributed by atoms with E-state index < -0.39 is 23.9 Å². The van der Waals surface area contributed by atoms with Gasteiger partial charge in [-0.15, -0.1) is 0 Å². The fourth-order valence-corrected chi connectivity index (χ4v) is 4.54. The topological polar surface area (TPSA) is 240 Å². The Labute approximate surface area is 243 Å². The number of amides is 2. The minimum atomic E-state index is -0.617. The first-order valence-corrected chi connectivity index (χ1v) is 13.8. The molecule has 0 spiro atoms. The number of hydrogen-bond donors (Lipinski definition) is 4. The highest BCUT2D eigenvalue weighted by atomic mass is 16.4. The number of carbonyl (C=O) groups excluding carboxylic acids is 2. The van der Waals surface area contributed by atoms with Crippen LogP contribution < -0.4 is 22.1 Å². The van der Waals surface area contributed by atoms with E-state index in [9.17, 15) is 9.59 Å². The number of carbonyl (C=O) groups is 2. The fraction of sp³-hybridized carbons (Fsp3) is 0.370. The van der Waals surface area contributed by atoms with E-state index in [0.29, 0.717) is 44.5 Å². The molecule has 2 amide bonds. The highest BCUT2D eigenvalue weighted by Gasteiger charge is 2.27. The van der Waals surface area contributed by atoms with E-state index in [-0.39, 0.29) is 52.2 Å². The molecule has 0 radical (unpaired) electrons. The molecule has 6 N–H and O–H groups in total. The number of hydrogen-bond acceptors (Lipinski definition) is 14. The predicted molar refractivity (Wildman–Crippen MR) is 146 cm³/mol. The summed E-state index contributed by atoms with van der Waals surface area (Å²) in [6.07, 6.45) is 10.4. The van der Waals surface area contributed by atoms with Crippen LogP contribution in [0.15, 0.2) is 53.4 Å². The minimum absolute atomic E-state index is 0.0204. The molecule has 43 heavy (non-hydrogen) atoms. The van der Waals surface area contributed by atoms with Crippen LogP contribution in [0.2, 0.25) is 0 Å². The van der Waals surface area contributed by atoms with Crippen molar-refractivity contribution in [2.45, 2.75) is 50.6 Å². The van der Waals surface area contributed by atoms with Crippen molar-refractivity contribution < 1.29 is 31.7 Å². The Bertz CT molecular complexity index is 1700. The van der Waals surface area contributed by atoms with Gasteiger partial charge >= 0.3 is 0 Å². The lowest BCUT2D eigenvalue weighted by Crippen LogP contribution is -2.29. The van der Waals surface area contributed by atoms with E-state index in [1.165, 1.54) is 31.3 Å². The van der Waals surface area contributed by atoms with Gasteiger partial charge in [-0.2, -0.15) is 0 Å². The van der Waals surface area contributed by atoms with Crippen LogP contribution in [-0.2, 0) is 0 Å². The Morgan fingerprint density at radius 2 is 0.907 bits per heavy atom. The van der Waals surface area contributed by atoms with Crippen LogP contribution >= 0.6 is 0 Å². The molecule has 6 heterocycles. The third-order valence-electron chi connectivity index (χ3n) is 6.78. The standard InChI is InChI=1S/C27H29N9O7/c28-7-3-1-5-14-23-34-18(11-41-23)25-32-16(9-39-25)21(37)31-15(6-2-4-8-29)24-35-20(12-42-24)27-36-19(13-43-27)26-33-17(10-40-26)22(38)30-14/h9-15H,1-8,28-29H2,(H,30,38)(H,31,37)/t14-,15-/m0/s1. The number of nitrogens with two attached hydrogens (primary N) is 2. The van der Waals surface area contributed by atoms with E-state index in [0.717, 1.165) is 12.8 Å².